The Balaban J connectivity index is -0.000000605. The Morgan fingerprint density at radius 1 is 1.38 bits per heavy atom. The summed E-state index contributed by atoms with van der Waals surface area (Å²) in [5.41, 5.74) is -2.10. The molecule has 0 aromatic heterocycles. The number of hydrogen-bond donors (Lipinski definition) is 1. The molecule has 0 fully saturated rings. The van der Waals surface area contributed by atoms with Crippen LogP contribution in [0.2, 0.25) is 0 Å². The van der Waals surface area contributed by atoms with Crippen molar-refractivity contribution in [1.29, 1.82) is 0 Å². The molecule has 0 heterocycles. The zero-order valence-electron chi connectivity index (χ0n) is 9.16. The van der Waals surface area contributed by atoms with E-state index in [1.165, 1.54) is 0 Å². The molecule has 0 aromatic carbocycles. The predicted octanol–water partition coefficient (Wildman–Crippen LogP) is -0.743. The van der Waals surface area contributed by atoms with Crippen LogP contribution in [0.4, 0.5) is 4.39 Å². The van der Waals surface area contributed by atoms with Gasteiger partial charge in [0, 0.05) is 0 Å². The summed E-state index contributed by atoms with van der Waals surface area (Å²) in [5, 5.41) is 0. The van der Waals surface area contributed by atoms with Crippen molar-refractivity contribution in [3.05, 3.63) is 0 Å². The van der Waals surface area contributed by atoms with Gasteiger partial charge < -0.3 is 1.43 Å². The average Bonchev–Trinajstić information content (AvgIpc) is 1.96. The van der Waals surface area contributed by atoms with E-state index in [0.29, 0.717) is 6.42 Å². The molecule has 6 heteroatoms. The Morgan fingerprint density at radius 3 is 2.31 bits per heavy atom. The second-order valence-electron chi connectivity index (χ2n) is 2.77. The van der Waals surface area contributed by atoms with Gasteiger partial charge in [0.2, 0.25) is 5.50 Å². The van der Waals surface area contributed by atoms with Crippen LogP contribution in [-0.4, -0.2) is 18.5 Å². The summed E-state index contributed by atoms with van der Waals surface area (Å²) in [7, 11) is -4.46. The van der Waals surface area contributed by atoms with Crippen molar-refractivity contribution in [1.82, 2.24) is 0 Å². The molecule has 3 nitrogen and oxygen atoms in total. The topological polar surface area (TPSA) is 54.4 Å². The standard InChI is InChI=1S/C7H15FO3S.Li.H/c1-2-3-4-5-6-7(8)12(9,10)11;;/h7H,2-6H2,1H3,(H,9,10,11);;/q;+1;-1. The molecule has 76 valence electrons. The number of unbranched alkanes of at least 4 members (excludes halogenated alkanes) is 3. The van der Waals surface area contributed by atoms with Crippen LogP contribution in [0.25, 0.3) is 0 Å². The van der Waals surface area contributed by atoms with Crippen LogP contribution < -0.4 is 18.9 Å². The van der Waals surface area contributed by atoms with Crippen molar-refractivity contribution >= 4 is 10.1 Å². The molecule has 0 radical (unpaired) electrons. The molecular weight excluding hydrogens is 190 g/mol. The van der Waals surface area contributed by atoms with E-state index < -0.39 is 15.6 Å². The average molecular weight is 206 g/mol. The molecule has 0 aliphatic rings. The maximum Gasteiger partial charge on any atom is 1.00 e. The van der Waals surface area contributed by atoms with Gasteiger partial charge in [-0.05, 0) is 12.8 Å². The Morgan fingerprint density at radius 2 is 1.92 bits per heavy atom. The molecule has 1 unspecified atom stereocenters. The first-order valence-electron chi connectivity index (χ1n) is 4.09. The summed E-state index contributed by atoms with van der Waals surface area (Å²) in [4.78, 5) is 0. The first-order valence-corrected chi connectivity index (χ1v) is 5.59. The Bertz CT molecular complexity index is 211. The van der Waals surface area contributed by atoms with E-state index in [1.807, 2.05) is 6.92 Å². The molecular formula is C7H16FLiO3S. The van der Waals surface area contributed by atoms with Crippen LogP contribution >= 0.6 is 0 Å². The molecule has 0 aliphatic heterocycles. The van der Waals surface area contributed by atoms with Crippen LogP contribution in [0.5, 0.6) is 0 Å². The number of rotatable bonds is 6. The summed E-state index contributed by atoms with van der Waals surface area (Å²) in [5.74, 6) is 0. The molecule has 0 aromatic rings. The van der Waals surface area contributed by atoms with E-state index in [0.717, 1.165) is 19.3 Å². The Hall–Kier alpha value is 0.437. The van der Waals surface area contributed by atoms with Crippen molar-refractivity contribution in [3.63, 3.8) is 0 Å². The van der Waals surface area contributed by atoms with Crippen LogP contribution in [-0.2, 0) is 10.1 Å². The number of hydrogen-bond acceptors (Lipinski definition) is 2. The molecule has 0 spiro atoms. The first-order chi connectivity index (χ1) is 5.48. The van der Waals surface area contributed by atoms with Crippen LogP contribution in [0, 0.1) is 0 Å². The van der Waals surface area contributed by atoms with E-state index in [-0.39, 0.29) is 26.7 Å². The van der Waals surface area contributed by atoms with Crippen molar-refractivity contribution in [2.75, 3.05) is 0 Å². The van der Waals surface area contributed by atoms with Crippen molar-refractivity contribution < 1.29 is 37.6 Å². The van der Waals surface area contributed by atoms with Gasteiger partial charge in [0.05, 0.1) is 0 Å². The van der Waals surface area contributed by atoms with Gasteiger partial charge in [0.1, 0.15) is 0 Å². The van der Waals surface area contributed by atoms with E-state index in [4.69, 9.17) is 4.55 Å². The number of alkyl halides is 1. The quantitative estimate of drug-likeness (QED) is 0.353. The summed E-state index contributed by atoms with van der Waals surface area (Å²) >= 11 is 0. The third-order valence-corrected chi connectivity index (χ3v) is 2.49. The second kappa shape index (κ2) is 7.81. The summed E-state index contributed by atoms with van der Waals surface area (Å²) in [6.07, 6.45) is 3.21. The maximum absolute atomic E-state index is 12.5. The molecule has 0 aliphatic carbocycles. The van der Waals surface area contributed by atoms with Crippen molar-refractivity contribution in [2.45, 2.75) is 44.5 Å². The van der Waals surface area contributed by atoms with Gasteiger partial charge in [-0.2, -0.15) is 8.42 Å². The third-order valence-electron chi connectivity index (χ3n) is 1.61. The van der Waals surface area contributed by atoms with Gasteiger partial charge in [-0.3, -0.25) is 4.55 Å². The van der Waals surface area contributed by atoms with E-state index in [9.17, 15) is 12.8 Å². The molecule has 0 bridgehead atoms. The fraction of sp³-hybridized carbons (Fsp3) is 1.00. The summed E-state index contributed by atoms with van der Waals surface area (Å²) in [6.45, 7) is 2.01. The maximum atomic E-state index is 12.5. The minimum atomic E-state index is -4.46. The first kappa shape index (κ1) is 15.9. The monoisotopic (exact) mass is 206 g/mol. The van der Waals surface area contributed by atoms with Crippen LogP contribution in [0.15, 0.2) is 0 Å². The zero-order chi connectivity index (χ0) is 9.61. The minimum Gasteiger partial charge on any atom is -1.00 e. The molecule has 13 heavy (non-hydrogen) atoms. The second-order valence-corrected chi connectivity index (χ2v) is 4.32. The van der Waals surface area contributed by atoms with Gasteiger partial charge in [-0.1, -0.05) is 26.2 Å². The predicted molar refractivity (Wildman–Crippen MR) is 46.3 cm³/mol. The molecule has 0 rings (SSSR count). The largest absolute Gasteiger partial charge is 1.00 e. The van der Waals surface area contributed by atoms with Gasteiger partial charge in [-0.15, -0.1) is 0 Å². The molecule has 1 N–H and O–H groups in total. The fourth-order valence-electron chi connectivity index (χ4n) is 0.881. The van der Waals surface area contributed by atoms with E-state index in [2.05, 4.69) is 0 Å². The molecule has 0 saturated heterocycles. The van der Waals surface area contributed by atoms with Crippen molar-refractivity contribution in [3.8, 4) is 0 Å². The van der Waals surface area contributed by atoms with Crippen molar-refractivity contribution in [2.24, 2.45) is 0 Å². The minimum absolute atomic E-state index is 0. The summed E-state index contributed by atoms with van der Waals surface area (Å²) < 4.78 is 41.1. The van der Waals surface area contributed by atoms with Crippen LogP contribution in [0.3, 0.4) is 0 Å². The van der Waals surface area contributed by atoms with Gasteiger partial charge >= 0.3 is 18.9 Å². The smallest absolute Gasteiger partial charge is 1.00 e. The van der Waals surface area contributed by atoms with Gasteiger partial charge in [0.25, 0.3) is 10.1 Å². The van der Waals surface area contributed by atoms with Crippen LogP contribution in [0.1, 0.15) is 40.5 Å². The van der Waals surface area contributed by atoms with Gasteiger partial charge in [-0.25, -0.2) is 4.39 Å². The Labute approximate surface area is 92.5 Å². The fourth-order valence-corrected chi connectivity index (χ4v) is 1.35. The molecule has 1 atom stereocenters. The summed E-state index contributed by atoms with van der Waals surface area (Å²) in [6, 6.07) is 0. The molecule has 0 saturated carbocycles. The van der Waals surface area contributed by atoms with Gasteiger partial charge in [0.15, 0.2) is 0 Å². The number of halogens is 1. The SMILES string of the molecule is CCCCCCC(F)S(=O)(=O)O.[H-].[Li+]. The van der Waals surface area contributed by atoms with E-state index >= 15 is 0 Å². The van der Waals surface area contributed by atoms with E-state index in [1.54, 1.807) is 0 Å². The normalized spacial score (nSPS) is 13.5. The molecule has 0 amide bonds. The Kier molecular flexibility index (Phi) is 9.54. The zero-order valence-corrected chi connectivity index (χ0v) is 8.98. The third kappa shape index (κ3) is 8.76.